The van der Waals surface area contributed by atoms with E-state index in [1.807, 2.05) is 18.2 Å². The molecule has 0 spiro atoms. The first-order chi connectivity index (χ1) is 12.3. The lowest BCUT2D eigenvalue weighted by Gasteiger charge is -2.11. The molecule has 3 aromatic rings. The largest absolute Gasteiger partial charge is 0.436 e. The third-order valence-corrected chi connectivity index (χ3v) is 4.73. The number of anilines is 1. The summed E-state index contributed by atoms with van der Waals surface area (Å²) in [7, 11) is 0. The van der Waals surface area contributed by atoms with Crippen LogP contribution in [0.25, 0.3) is 22.6 Å². The predicted octanol–water partition coefficient (Wildman–Crippen LogP) is 6.32. The molecule has 2 aromatic carbocycles. The molecule has 0 bridgehead atoms. The summed E-state index contributed by atoms with van der Waals surface area (Å²) in [5.41, 5.74) is 3.94. The zero-order valence-corrected chi connectivity index (χ0v) is 16.5. The monoisotopic (exact) mass is 410 g/mol. The summed E-state index contributed by atoms with van der Waals surface area (Å²) in [6.45, 7) is 4.33. The van der Waals surface area contributed by atoms with Gasteiger partial charge in [-0.2, -0.15) is 0 Å². The Labute approximate surface area is 166 Å². The molecule has 1 N–H and O–H groups in total. The zero-order valence-electron chi connectivity index (χ0n) is 14.2. The van der Waals surface area contributed by atoms with Gasteiger partial charge in [-0.05, 0) is 48.2 Å². The van der Waals surface area contributed by atoms with Gasteiger partial charge in [0, 0.05) is 11.3 Å². The van der Waals surface area contributed by atoms with Crippen LogP contribution in [0.15, 0.2) is 46.9 Å². The Morgan fingerprint density at radius 1 is 1.23 bits per heavy atom. The highest BCUT2D eigenvalue weighted by Crippen LogP contribution is 2.31. The van der Waals surface area contributed by atoms with Crippen molar-refractivity contribution in [1.82, 2.24) is 4.98 Å². The van der Waals surface area contributed by atoms with Crippen molar-refractivity contribution in [3.63, 3.8) is 0 Å². The van der Waals surface area contributed by atoms with E-state index in [0.717, 1.165) is 11.9 Å². The molecular weight excluding hydrogens is 395 g/mol. The average Bonchev–Trinajstić information content (AvgIpc) is 3.03. The molecule has 1 atom stereocenters. The molecule has 0 aliphatic carbocycles. The number of alkyl halides is 3. The highest BCUT2D eigenvalue weighted by atomic mass is 35.6. The lowest BCUT2D eigenvalue weighted by Crippen LogP contribution is -2.26. The summed E-state index contributed by atoms with van der Waals surface area (Å²) in [5, 5.41) is 2.55. The lowest BCUT2D eigenvalue weighted by atomic mass is 9.98. The Hall–Kier alpha value is -1.75. The molecule has 0 saturated heterocycles. The summed E-state index contributed by atoms with van der Waals surface area (Å²) < 4.78 is 3.82. The number of hydrogen-bond acceptors (Lipinski definition) is 3. The van der Waals surface area contributed by atoms with Crippen LogP contribution in [0.5, 0.6) is 0 Å². The second kappa shape index (κ2) is 7.47. The van der Waals surface area contributed by atoms with Crippen molar-refractivity contribution in [2.75, 3.05) is 5.32 Å². The number of aromatic nitrogens is 1. The predicted molar refractivity (Wildman–Crippen MR) is 107 cm³/mol. The Kier molecular flexibility index (Phi) is 5.47. The highest BCUT2D eigenvalue weighted by molar-refractivity contribution is 6.76. The minimum absolute atomic E-state index is 0.458. The van der Waals surface area contributed by atoms with E-state index < -0.39 is 9.70 Å². The molecule has 0 aliphatic rings. The van der Waals surface area contributed by atoms with Crippen LogP contribution >= 0.6 is 34.8 Å². The molecule has 7 heteroatoms. The van der Waals surface area contributed by atoms with E-state index in [-0.39, 0.29) is 0 Å². The van der Waals surface area contributed by atoms with E-state index in [9.17, 15) is 4.79 Å². The molecular formula is C19H17Cl3N2O2. The van der Waals surface area contributed by atoms with Gasteiger partial charge in [-0.25, -0.2) is 4.98 Å². The van der Waals surface area contributed by atoms with Crippen molar-refractivity contribution in [2.45, 2.75) is 30.0 Å². The molecule has 3 rings (SSSR count). The van der Waals surface area contributed by atoms with Gasteiger partial charge in [0.15, 0.2) is 5.58 Å². The SMILES string of the molecule is CC[C@@H](C)c1ccc2oc(-c3cccc(NC(=O)C(Cl)(Cl)Cl)c3)nc2c1. The molecule has 0 saturated carbocycles. The molecule has 0 unspecified atom stereocenters. The topological polar surface area (TPSA) is 55.1 Å². The Morgan fingerprint density at radius 3 is 2.69 bits per heavy atom. The number of hydrogen-bond donors (Lipinski definition) is 1. The third kappa shape index (κ3) is 4.14. The summed E-state index contributed by atoms with van der Waals surface area (Å²) in [5.74, 6) is 0.196. The minimum atomic E-state index is -2.03. The van der Waals surface area contributed by atoms with Gasteiger partial charge in [-0.15, -0.1) is 0 Å². The standard InChI is InChI=1S/C19H17Cl3N2O2/c1-3-11(2)12-7-8-16-15(10-12)24-17(26-16)13-5-4-6-14(9-13)23-18(25)19(20,21)22/h4-11H,3H2,1-2H3,(H,23,25)/t11-/m1/s1. The number of amides is 1. The second-order valence-corrected chi connectivity index (χ2v) is 8.37. The van der Waals surface area contributed by atoms with E-state index in [1.54, 1.807) is 18.2 Å². The summed E-state index contributed by atoms with van der Waals surface area (Å²) >= 11 is 16.8. The molecule has 0 fully saturated rings. The van der Waals surface area contributed by atoms with E-state index in [1.165, 1.54) is 5.56 Å². The van der Waals surface area contributed by atoms with E-state index in [2.05, 4.69) is 30.2 Å². The average molecular weight is 412 g/mol. The Morgan fingerprint density at radius 2 is 2.00 bits per heavy atom. The molecule has 136 valence electrons. The molecule has 1 heterocycles. The first-order valence-corrected chi connectivity index (χ1v) is 9.30. The fraction of sp³-hybridized carbons (Fsp3) is 0.263. The fourth-order valence-electron chi connectivity index (χ4n) is 2.54. The van der Waals surface area contributed by atoms with Crippen LogP contribution in [0, 0.1) is 0 Å². The molecule has 0 radical (unpaired) electrons. The minimum Gasteiger partial charge on any atom is -0.436 e. The van der Waals surface area contributed by atoms with Crippen LogP contribution in [0.4, 0.5) is 5.69 Å². The molecule has 1 aromatic heterocycles. The highest BCUT2D eigenvalue weighted by Gasteiger charge is 2.30. The van der Waals surface area contributed by atoms with Gasteiger partial charge in [-0.1, -0.05) is 60.8 Å². The van der Waals surface area contributed by atoms with Gasteiger partial charge >= 0.3 is 0 Å². The van der Waals surface area contributed by atoms with Gasteiger partial charge < -0.3 is 9.73 Å². The maximum atomic E-state index is 11.8. The van der Waals surface area contributed by atoms with Crippen molar-refractivity contribution in [1.29, 1.82) is 0 Å². The number of oxazole rings is 1. The zero-order chi connectivity index (χ0) is 18.9. The smallest absolute Gasteiger partial charge is 0.276 e. The number of carbonyl (C=O) groups is 1. The summed E-state index contributed by atoms with van der Waals surface area (Å²) in [4.78, 5) is 16.4. The maximum Gasteiger partial charge on any atom is 0.276 e. The van der Waals surface area contributed by atoms with Gasteiger partial charge in [0.05, 0.1) is 0 Å². The Bertz CT molecular complexity index is 947. The Balaban J connectivity index is 1.91. The quantitative estimate of drug-likeness (QED) is 0.511. The van der Waals surface area contributed by atoms with Crippen LogP contribution < -0.4 is 5.32 Å². The van der Waals surface area contributed by atoms with Gasteiger partial charge in [0.25, 0.3) is 9.70 Å². The fourth-order valence-corrected chi connectivity index (χ4v) is 2.68. The number of carbonyl (C=O) groups excluding carboxylic acids is 1. The maximum absolute atomic E-state index is 11.8. The van der Waals surface area contributed by atoms with Gasteiger partial charge in [0.1, 0.15) is 5.52 Å². The lowest BCUT2D eigenvalue weighted by molar-refractivity contribution is -0.115. The number of rotatable bonds is 4. The second-order valence-electron chi connectivity index (χ2n) is 6.09. The first kappa shape index (κ1) is 19.0. The van der Waals surface area contributed by atoms with Crippen molar-refractivity contribution < 1.29 is 9.21 Å². The van der Waals surface area contributed by atoms with Crippen LogP contribution in [-0.4, -0.2) is 14.7 Å². The summed E-state index contributed by atoms with van der Waals surface area (Å²) in [6.07, 6.45) is 1.06. The number of halogens is 3. The number of benzene rings is 2. The van der Waals surface area contributed by atoms with Crippen LogP contribution in [0.3, 0.4) is 0 Å². The molecule has 0 aliphatic heterocycles. The van der Waals surface area contributed by atoms with E-state index in [0.29, 0.717) is 28.6 Å². The van der Waals surface area contributed by atoms with Crippen LogP contribution in [-0.2, 0) is 4.79 Å². The number of nitrogens with one attached hydrogen (secondary N) is 1. The first-order valence-electron chi connectivity index (χ1n) is 8.17. The van der Waals surface area contributed by atoms with Crippen LogP contribution in [0.2, 0.25) is 0 Å². The van der Waals surface area contributed by atoms with Crippen LogP contribution in [0.1, 0.15) is 31.7 Å². The van der Waals surface area contributed by atoms with E-state index in [4.69, 9.17) is 39.2 Å². The van der Waals surface area contributed by atoms with Crippen molar-refractivity contribution >= 4 is 57.5 Å². The molecule has 1 amide bonds. The third-order valence-electron chi connectivity index (χ3n) is 4.22. The van der Waals surface area contributed by atoms with Crippen molar-refractivity contribution in [3.8, 4) is 11.5 Å². The van der Waals surface area contributed by atoms with E-state index >= 15 is 0 Å². The summed E-state index contributed by atoms with van der Waals surface area (Å²) in [6, 6.07) is 13.1. The number of nitrogens with zero attached hydrogens (tertiary/aromatic N) is 1. The molecule has 26 heavy (non-hydrogen) atoms. The van der Waals surface area contributed by atoms with Crippen molar-refractivity contribution in [3.05, 3.63) is 48.0 Å². The van der Waals surface area contributed by atoms with Gasteiger partial charge in [-0.3, -0.25) is 4.79 Å². The molecule has 4 nitrogen and oxygen atoms in total. The number of fused-ring (bicyclic) bond motifs is 1. The van der Waals surface area contributed by atoms with Gasteiger partial charge in [0.2, 0.25) is 5.89 Å². The van der Waals surface area contributed by atoms with Crippen molar-refractivity contribution in [2.24, 2.45) is 0 Å². The normalized spacial score (nSPS) is 13.0.